The van der Waals surface area contributed by atoms with Gasteiger partial charge in [0.2, 0.25) is 23.6 Å². The van der Waals surface area contributed by atoms with Crippen LogP contribution in [0.25, 0.3) is 0 Å². The number of likely N-dealkylation sites (tertiary alicyclic amines) is 1. The molecule has 2 saturated heterocycles. The molecule has 0 saturated carbocycles. The molecule has 3 heterocycles. The SMILES string of the molecule is COc1ccnc(N2CCCN(C(=O)[C@H]3CC(=O)N(C)C3)CC2)n1. The zero-order chi connectivity index (χ0) is 17.1. The molecule has 0 radical (unpaired) electrons. The lowest BCUT2D eigenvalue weighted by atomic mass is 10.1. The van der Waals surface area contributed by atoms with Gasteiger partial charge in [0.25, 0.3) is 0 Å². The molecule has 2 aliphatic rings. The van der Waals surface area contributed by atoms with Crippen LogP contribution in [0.15, 0.2) is 12.3 Å². The van der Waals surface area contributed by atoms with Crippen LogP contribution < -0.4 is 9.64 Å². The Hall–Kier alpha value is -2.38. The second-order valence-electron chi connectivity index (χ2n) is 6.24. The second kappa shape index (κ2) is 7.02. The Balaban J connectivity index is 1.62. The van der Waals surface area contributed by atoms with Crippen molar-refractivity contribution < 1.29 is 14.3 Å². The van der Waals surface area contributed by atoms with Crippen LogP contribution in [0.5, 0.6) is 5.88 Å². The van der Waals surface area contributed by atoms with E-state index in [9.17, 15) is 9.59 Å². The van der Waals surface area contributed by atoms with Gasteiger partial charge in [-0.15, -0.1) is 0 Å². The smallest absolute Gasteiger partial charge is 0.228 e. The predicted molar refractivity (Wildman–Crippen MR) is 87.7 cm³/mol. The Kier molecular flexibility index (Phi) is 4.82. The number of anilines is 1. The minimum absolute atomic E-state index is 0.0505. The van der Waals surface area contributed by atoms with E-state index in [1.807, 2.05) is 4.90 Å². The molecule has 0 N–H and O–H groups in total. The largest absolute Gasteiger partial charge is 0.481 e. The van der Waals surface area contributed by atoms with Crippen molar-refractivity contribution in [2.45, 2.75) is 12.8 Å². The van der Waals surface area contributed by atoms with Crippen molar-refractivity contribution >= 4 is 17.8 Å². The van der Waals surface area contributed by atoms with Crippen LogP contribution in [0.4, 0.5) is 5.95 Å². The number of aromatic nitrogens is 2. The van der Waals surface area contributed by atoms with Crippen LogP contribution in [0.3, 0.4) is 0 Å². The molecule has 0 unspecified atom stereocenters. The third-order valence-corrected chi connectivity index (χ3v) is 4.61. The van der Waals surface area contributed by atoms with Gasteiger partial charge in [0.15, 0.2) is 0 Å². The summed E-state index contributed by atoms with van der Waals surface area (Å²) >= 11 is 0. The van der Waals surface area contributed by atoms with Gasteiger partial charge < -0.3 is 19.4 Å². The maximum Gasteiger partial charge on any atom is 0.228 e. The fraction of sp³-hybridized carbons (Fsp3) is 0.625. The maximum atomic E-state index is 12.7. The standard InChI is InChI=1S/C16H23N5O3/c1-19-11-12(10-14(19)22)15(23)20-6-3-7-21(9-8-20)16-17-5-4-13(18-16)24-2/h4-5,12H,3,6-11H2,1-2H3/t12-/m0/s1. The van der Waals surface area contributed by atoms with Crippen molar-refractivity contribution in [3.05, 3.63) is 12.3 Å². The van der Waals surface area contributed by atoms with E-state index >= 15 is 0 Å². The molecule has 130 valence electrons. The molecule has 0 bridgehead atoms. The van der Waals surface area contributed by atoms with Crippen LogP contribution in [0.1, 0.15) is 12.8 Å². The molecule has 0 aromatic carbocycles. The Labute approximate surface area is 141 Å². The minimum atomic E-state index is -0.206. The number of hydrogen-bond donors (Lipinski definition) is 0. The zero-order valence-electron chi connectivity index (χ0n) is 14.1. The van der Waals surface area contributed by atoms with Crippen molar-refractivity contribution in [2.75, 3.05) is 51.8 Å². The topological polar surface area (TPSA) is 78.9 Å². The van der Waals surface area contributed by atoms with E-state index in [-0.39, 0.29) is 17.7 Å². The molecule has 0 spiro atoms. The lowest BCUT2D eigenvalue weighted by Gasteiger charge is -2.24. The van der Waals surface area contributed by atoms with Crippen molar-refractivity contribution in [1.29, 1.82) is 0 Å². The Morgan fingerprint density at radius 1 is 1.29 bits per heavy atom. The maximum absolute atomic E-state index is 12.7. The first kappa shape index (κ1) is 16.5. The number of carbonyl (C=O) groups excluding carboxylic acids is 2. The Morgan fingerprint density at radius 3 is 2.83 bits per heavy atom. The van der Waals surface area contributed by atoms with Gasteiger partial charge in [0, 0.05) is 58.5 Å². The quantitative estimate of drug-likeness (QED) is 0.775. The number of amides is 2. The highest BCUT2D eigenvalue weighted by Gasteiger charge is 2.35. The summed E-state index contributed by atoms with van der Waals surface area (Å²) in [7, 11) is 3.33. The van der Waals surface area contributed by atoms with Gasteiger partial charge in [-0.2, -0.15) is 4.98 Å². The van der Waals surface area contributed by atoms with E-state index < -0.39 is 0 Å². The number of rotatable bonds is 3. The zero-order valence-corrected chi connectivity index (χ0v) is 14.1. The number of carbonyl (C=O) groups is 2. The summed E-state index contributed by atoms with van der Waals surface area (Å²) in [5.41, 5.74) is 0. The Bertz CT molecular complexity index is 623. The van der Waals surface area contributed by atoms with E-state index in [0.29, 0.717) is 44.4 Å². The highest BCUT2D eigenvalue weighted by molar-refractivity contribution is 5.89. The highest BCUT2D eigenvalue weighted by atomic mass is 16.5. The van der Waals surface area contributed by atoms with Crippen LogP contribution in [0, 0.1) is 5.92 Å². The van der Waals surface area contributed by atoms with E-state index in [0.717, 1.165) is 13.0 Å². The van der Waals surface area contributed by atoms with E-state index in [1.54, 1.807) is 31.3 Å². The van der Waals surface area contributed by atoms with E-state index in [2.05, 4.69) is 14.9 Å². The summed E-state index contributed by atoms with van der Waals surface area (Å²) in [6.07, 6.45) is 2.85. The van der Waals surface area contributed by atoms with Crippen molar-refractivity contribution in [1.82, 2.24) is 19.8 Å². The van der Waals surface area contributed by atoms with E-state index in [1.165, 1.54) is 0 Å². The van der Waals surface area contributed by atoms with Crippen molar-refractivity contribution in [3.63, 3.8) is 0 Å². The van der Waals surface area contributed by atoms with Gasteiger partial charge in [-0.3, -0.25) is 9.59 Å². The molecule has 1 aromatic rings. The molecule has 8 nitrogen and oxygen atoms in total. The molecule has 2 amide bonds. The van der Waals surface area contributed by atoms with Crippen LogP contribution in [-0.2, 0) is 9.59 Å². The van der Waals surface area contributed by atoms with Crippen LogP contribution in [-0.4, -0.2) is 78.5 Å². The van der Waals surface area contributed by atoms with Gasteiger partial charge in [-0.1, -0.05) is 0 Å². The van der Waals surface area contributed by atoms with Gasteiger partial charge in [0.05, 0.1) is 13.0 Å². The average Bonchev–Trinajstić information content (AvgIpc) is 2.80. The fourth-order valence-corrected chi connectivity index (χ4v) is 3.22. The molecule has 24 heavy (non-hydrogen) atoms. The van der Waals surface area contributed by atoms with Crippen LogP contribution >= 0.6 is 0 Å². The van der Waals surface area contributed by atoms with Crippen LogP contribution in [0.2, 0.25) is 0 Å². The van der Waals surface area contributed by atoms with Gasteiger partial charge in [-0.05, 0) is 6.42 Å². The lowest BCUT2D eigenvalue weighted by molar-refractivity contribution is -0.135. The van der Waals surface area contributed by atoms with E-state index in [4.69, 9.17) is 4.74 Å². The molecular weight excluding hydrogens is 310 g/mol. The summed E-state index contributed by atoms with van der Waals surface area (Å²) in [4.78, 5) is 38.6. The number of methoxy groups -OCH3 is 1. The summed E-state index contributed by atoms with van der Waals surface area (Å²) in [6.45, 7) is 3.31. The van der Waals surface area contributed by atoms with Crippen molar-refractivity contribution in [2.24, 2.45) is 5.92 Å². The summed E-state index contributed by atoms with van der Waals surface area (Å²) < 4.78 is 5.14. The first-order valence-corrected chi connectivity index (χ1v) is 8.23. The Morgan fingerprint density at radius 2 is 2.12 bits per heavy atom. The fourth-order valence-electron chi connectivity index (χ4n) is 3.22. The van der Waals surface area contributed by atoms with Crippen molar-refractivity contribution in [3.8, 4) is 5.88 Å². The van der Waals surface area contributed by atoms with Gasteiger partial charge >= 0.3 is 0 Å². The summed E-state index contributed by atoms with van der Waals surface area (Å²) in [6, 6.07) is 1.71. The molecule has 8 heteroatoms. The molecule has 1 aromatic heterocycles. The lowest BCUT2D eigenvalue weighted by Crippen LogP contribution is -2.39. The third-order valence-electron chi connectivity index (χ3n) is 4.61. The molecule has 2 aliphatic heterocycles. The third kappa shape index (κ3) is 3.42. The van der Waals surface area contributed by atoms with Gasteiger partial charge in [-0.25, -0.2) is 4.98 Å². The number of hydrogen-bond acceptors (Lipinski definition) is 6. The first-order valence-electron chi connectivity index (χ1n) is 8.23. The molecule has 2 fully saturated rings. The summed E-state index contributed by atoms with van der Waals surface area (Å²) in [5.74, 6) is 1.09. The molecule has 3 rings (SSSR count). The molecule has 1 atom stereocenters. The minimum Gasteiger partial charge on any atom is -0.481 e. The number of nitrogens with zero attached hydrogens (tertiary/aromatic N) is 5. The monoisotopic (exact) mass is 333 g/mol. The first-order chi connectivity index (χ1) is 11.6. The second-order valence-corrected chi connectivity index (χ2v) is 6.24. The molecule has 0 aliphatic carbocycles. The molecular formula is C16H23N5O3. The normalized spacial score (nSPS) is 21.8. The van der Waals surface area contributed by atoms with Gasteiger partial charge in [0.1, 0.15) is 0 Å². The summed E-state index contributed by atoms with van der Waals surface area (Å²) in [5, 5.41) is 0. The number of ether oxygens (including phenoxy) is 1. The highest BCUT2D eigenvalue weighted by Crippen LogP contribution is 2.20. The predicted octanol–water partition coefficient (Wildman–Crippen LogP) is 0.00220. The average molecular weight is 333 g/mol.